The second-order valence-electron chi connectivity index (χ2n) is 7.87. The minimum absolute atomic E-state index is 0.0603. The molecule has 1 N–H and O–H groups in total. The van der Waals surface area contributed by atoms with Gasteiger partial charge in [0.1, 0.15) is 0 Å². The lowest BCUT2D eigenvalue weighted by Crippen LogP contribution is -2.26. The number of aromatic nitrogens is 4. The van der Waals surface area contributed by atoms with Crippen LogP contribution in [0.25, 0.3) is 16.9 Å². The fourth-order valence-corrected chi connectivity index (χ4v) is 4.44. The van der Waals surface area contributed by atoms with Gasteiger partial charge in [0, 0.05) is 41.4 Å². The maximum absolute atomic E-state index is 12.4. The molecule has 4 aromatic rings. The number of carbonyl (C=O) groups excluding carboxylic acids is 1. The van der Waals surface area contributed by atoms with E-state index >= 15 is 0 Å². The molecule has 0 bridgehead atoms. The highest BCUT2D eigenvalue weighted by atomic mass is 32.1. The van der Waals surface area contributed by atoms with Crippen LogP contribution >= 0.6 is 11.3 Å². The van der Waals surface area contributed by atoms with Crippen LogP contribution in [0, 0.1) is 27.7 Å². The van der Waals surface area contributed by atoms with Crippen LogP contribution in [-0.4, -0.2) is 32.0 Å². The Morgan fingerprint density at radius 1 is 1.06 bits per heavy atom. The molecule has 1 aromatic carbocycles. The molecular formula is C24H27N5OS. The highest BCUT2D eigenvalue weighted by Gasteiger charge is 2.13. The summed E-state index contributed by atoms with van der Waals surface area (Å²) in [6.45, 7) is 8.64. The zero-order valence-corrected chi connectivity index (χ0v) is 19.2. The Labute approximate surface area is 186 Å². The Bertz CT molecular complexity index is 1220. The molecule has 0 atom stereocenters. The normalized spacial score (nSPS) is 11.2. The standard InChI is InChI=1S/C24H27N5OS/c1-15-13-23-26-16(2)21(17(3)29(23)28-15)9-10-24(30)25-12-11-19-5-7-20(8-6-19)22-14-31-18(4)27-22/h5-8,13-14H,9-12H2,1-4H3,(H,25,30). The predicted octanol–water partition coefficient (Wildman–Crippen LogP) is 4.38. The molecule has 6 nitrogen and oxygen atoms in total. The van der Waals surface area contributed by atoms with E-state index in [1.807, 2.05) is 38.3 Å². The summed E-state index contributed by atoms with van der Waals surface area (Å²) in [5.74, 6) is 0.0603. The summed E-state index contributed by atoms with van der Waals surface area (Å²) in [6, 6.07) is 10.4. The van der Waals surface area contributed by atoms with Gasteiger partial charge in [-0.25, -0.2) is 14.5 Å². The number of benzene rings is 1. The van der Waals surface area contributed by atoms with Crippen molar-refractivity contribution in [3.8, 4) is 11.3 Å². The number of rotatable bonds is 7. The van der Waals surface area contributed by atoms with Crippen molar-refractivity contribution >= 4 is 22.9 Å². The highest BCUT2D eigenvalue weighted by molar-refractivity contribution is 7.09. The Morgan fingerprint density at radius 3 is 2.55 bits per heavy atom. The molecule has 160 valence electrons. The lowest BCUT2D eigenvalue weighted by Gasteiger charge is -2.11. The predicted molar refractivity (Wildman–Crippen MR) is 125 cm³/mol. The minimum atomic E-state index is 0.0603. The second-order valence-corrected chi connectivity index (χ2v) is 8.93. The molecule has 0 unspecified atom stereocenters. The molecule has 0 aliphatic heterocycles. The Kier molecular flexibility index (Phi) is 6.13. The van der Waals surface area contributed by atoms with Gasteiger partial charge >= 0.3 is 0 Å². The number of amides is 1. The van der Waals surface area contributed by atoms with Crippen LogP contribution in [0.5, 0.6) is 0 Å². The Hall–Kier alpha value is -3.06. The molecule has 4 rings (SSSR count). The summed E-state index contributed by atoms with van der Waals surface area (Å²) in [4.78, 5) is 21.5. The van der Waals surface area contributed by atoms with Gasteiger partial charge in [-0.2, -0.15) is 5.10 Å². The van der Waals surface area contributed by atoms with Crippen LogP contribution < -0.4 is 5.32 Å². The van der Waals surface area contributed by atoms with E-state index in [9.17, 15) is 4.79 Å². The molecule has 0 radical (unpaired) electrons. The maximum atomic E-state index is 12.4. The van der Waals surface area contributed by atoms with Gasteiger partial charge in [-0.15, -0.1) is 11.3 Å². The average molecular weight is 434 g/mol. The van der Waals surface area contributed by atoms with Crippen molar-refractivity contribution in [3.05, 3.63) is 68.9 Å². The number of carbonyl (C=O) groups is 1. The summed E-state index contributed by atoms with van der Waals surface area (Å²) in [6.07, 6.45) is 1.91. The first-order valence-electron chi connectivity index (χ1n) is 10.5. The van der Waals surface area contributed by atoms with Gasteiger partial charge in [-0.3, -0.25) is 4.79 Å². The number of thiazole rings is 1. The van der Waals surface area contributed by atoms with Gasteiger partial charge in [0.15, 0.2) is 5.65 Å². The lowest BCUT2D eigenvalue weighted by atomic mass is 10.1. The summed E-state index contributed by atoms with van der Waals surface area (Å²) in [5, 5.41) is 10.7. The number of nitrogens with zero attached hydrogens (tertiary/aromatic N) is 4. The summed E-state index contributed by atoms with van der Waals surface area (Å²) >= 11 is 1.66. The number of nitrogens with one attached hydrogen (secondary N) is 1. The van der Waals surface area contributed by atoms with E-state index in [0.29, 0.717) is 19.4 Å². The highest BCUT2D eigenvalue weighted by Crippen LogP contribution is 2.22. The zero-order valence-electron chi connectivity index (χ0n) is 18.4. The molecular weight excluding hydrogens is 406 g/mol. The Balaban J connectivity index is 1.28. The fraction of sp³-hybridized carbons (Fsp3) is 0.333. The molecule has 0 aliphatic rings. The average Bonchev–Trinajstić information content (AvgIpc) is 3.33. The third-order valence-electron chi connectivity index (χ3n) is 5.49. The molecule has 3 heterocycles. The van der Waals surface area contributed by atoms with E-state index in [1.165, 1.54) is 5.56 Å². The Morgan fingerprint density at radius 2 is 1.84 bits per heavy atom. The molecule has 0 saturated heterocycles. The molecule has 1 amide bonds. The number of fused-ring (bicyclic) bond motifs is 1. The third-order valence-corrected chi connectivity index (χ3v) is 6.27. The van der Waals surface area contributed by atoms with E-state index in [4.69, 9.17) is 0 Å². The van der Waals surface area contributed by atoms with Crippen LogP contribution in [0.1, 0.15) is 39.6 Å². The molecule has 0 spiro atoms. The number of hydrogen-bond donors (Lipinski definition) is 1. The van der Waals surface area contributed by atoms with Gasteiger partial charge in [0.05, 0.1) is 16.4 Å². The smallest absolute Gasteiger partial charge is 0.220 e. The molecule has 0 aliphatic carbocycles. The molecule has 3 aromatic heterocycles. The largest absolute Gasteiger partial charge is 0.356 e. The molecule has 0 saturated carbocycles. The summed E-state index contributed by atoms with van der Waals surface area (Å²) in [5.41, 5.74) is 8.26. The van der Waals surface area contributed by atoms with E-state index in [0.717, 1.165) is 51.0 Å². The quantitative estimate of drug-likeness (QED) is 0.470. The van der Waals surface area contributed by atoms with Crippen molar-refractivity contribution < 1.29 is 4.79 Å². The molecule has 0 fully saturated rings. The van der Waals surface area contributed by atoms with Crippen molar-refractivity contribution in [1.29, 1.82) is 0 Å². The molecule has 7 heteroatoms. The van der Waals surface area contributed by atoms with Crippen molar-refractivity contribution in [2.45, 2.75) is 47.0 Å². The van der Waals surface area contributed by atoms with Gasteiger partial charge in [0.2, 0.25) is 5.91 Å². The van der Waals surface area contributed by atoms with Crippen molar-refractivity contribution in [2.24, 2.45) is 0 Å². The van der Waals surface area contributed by atoms with Gasteiger partial charge < -0.3 is 5.32 Å². The topological polar surface area (TPSA) is 72.2 Å². The third kappa shape index (κ3) is 4.82. The van der Waals surface area contributed by atoms with E-state index in [1.54, 1.807) is 11.3 Å². The first-order valence-corrected chi connectivity index (χ1v) is 11.4. The fourth-order valence-electron chi connectivity index (χ4n) is 3.81. The summed E-state index contributed by atoms with van der Waals surface area (Å²) in [7, 11) is 0. The molecule has 31 heavy (non-hydrogen) atoms. The van der Waals surface area contributed by atoms with Crippen molar-refractivity contribution in [3.63, 3.8) is 0 Å². The van der Waals surface area contributed by atoms with E-state index in [2.05, 4.69) is 50.0 Å². The van der Waals surface area contributed by atoms with Gasteiger partial charge in [-0.1, -0.05) is 24.3 Å². The minimum Gasteiger partial charge on any atom is -0.356 e. The first kappa shape index (κ1) is 21.2. The van der Waals surface area contributed by atoms with Crippen molar-refractivity contribution in [2.75, 3.05) is 6.54 Å². The van der Waals surface area contributed by atoms with E-state index < -0.39 is 0 Å². The maximum Gasteiger partial charge on any atom is 0.220 e. The van der Waals surface area contributed by atoms with Crippen LogP contribution in [0.3, 0.4) is 0 Å². The van der Waals surface area contributed by atoms with Crippen LogP contribution in [-0.2, 0) is 17.6 Å². The van der Waals surface area contributed by atoms with Crippen LogP contribution in [0.2, 0.25) is 0 Å². The first-order chi connectivity index (χ1) is 14.9. The van der Waals surface area contributed by atoms with Gasteiger partial charge in [-0.05, 0) is 51.7 Å². The van der Waals surface area contributed by atoms with Crippen LogP contribution in [0.15, 0.2) is 35.7 Å². The lowest BCUT2D eigenvalue weighted by molar-refractivity contribution is -0.121. The van der Waals surface area contributed by atoms with Crippen LogP contribution in [0.4, 0.5) is 0 Å². The zero-order chi connectivity index (χ0) is 22.0. The van der Waals surface area contributed by atoms with Crippen molar-refractivity contribution in [1.82, 2.24) is 24.9 Å². The number of hydrogen-bond acceptors (Lipinski definition) is 5. The van der Waals surface area contributed by atoms with Gasteiger partial charge in [0.25, 0.3) is 0 Å². The summed E-state index contributed by atoms with van der Waals surface area (Å²) < 4.78 is 1.87. The second kappa shape index (κ2) is 8.98. The van der Waals surface area contributed by atoms with E-state index in [-0.39, 0.29) is 5.91 Å². The monoisotopic (exact) mass is 433 g/mol. The SMILES string of the molecule is Cc1cc2nc(C)c(CCC(=O)NCCc3ccc(-c4csc(C)n4)cc3)c(C)n2n1. The number of aryl methyl sites for hydroxylation is 4.